The van der Waals surface area contributed by atoms with Crippen molar-refractivity contribution in [3.63, 3.8) is 0 Å². The molecule has 1 unspecified atom stereocenters. The summed E-state index contributed by atoms with van der Waals surface area (Å²) in [5, 5.41) is 1.49. The third-order valence-electron chi connectivity index (χ3n) is 7.23. The number of anilines is 1. The largest absolute Gasteiger partial charge is 0.490 e. The summed E-state index contributed by atoms with van der Waals surface area (Å²) < 4.78 is 60.6. The number of alkyl halides is 3. The van der Waals surface area contributed by atoms with Gasteiger partial charge in [-0.25, -0.2) is 18.7 Å². The van der Waals surface area contributed by atoms with E-state index in [2.05, 4.69) is 21.8 Å². The van der Waals surface area contributed by atoms with Crippen LogP contribution < -0.4 is 15.0 Å². The van der Waals surface area contributed by atoms with Crippen molar-refractivity contribution in [2.45, 2.75) is 56.9 Å². The number of rotatable bonds is 9. The Bertz CT molecular complexity index is 1100. The molecule has 200 valence electrons. The number of nitrogens with zero attached hydrogens (tertiary/aromatic N) is 3. The Hall–Kier alpha value is -3.17. The Morgan fingerprint density at radius 2 is 1.95 bits per heavy atom. The van der Waals surface area contributed by atoms with E-state index in [1.165, 1.54) is 23.5 Å². The molecule has 4 rings (SSSR count). The summed E-state index contributed by atoms with van der Waals surface area (Å²) in [4.78, 5) is 23.8. The van der Waals surface area contributed by atoms with Crippen molar-refractivity contribution in [1.29, 1.82) is 0 Å². The van der Waals surface area contributed by atoms with E-state index in [4.69, 9.17) is 4.74 Å². The van der Waals surface area contributed by atoms with Crippen molar-refractivity contribution in [2.75, 3.05) is 31.3 Å². The van der Waals surface area contributed by atoms with Gasteiger partial charge in [0, 0.05) is 25.5 Å². The van der Waals surface area contributed by atoms with E-state index in [0.717, 1.165) is 37.9 Å². The number of carbonyl (C=O) groups is 1. The summed E-state index contributed by atoms with van der Waals surface area (Å²) in [6, 6.07) is 0.156. The molecule has 1 aromatic carbocycles. The number of aromatic nitrogens is 2. The van der Waals surface area contributed by atoms with Gasteiger partial charge < -0.3 is 9.64 Å². The molecule has 0 bridgehead atoms. The number of ether oxygens (including phenoxy) is 1. The lowest BCUT2D eigenvalue weighted by Crippen LogP contribution is -2.52. The molecule has 0 saturated carbocycles. The molecule has 2 heterocycles. The average Bonchev–Trinajstić information content (AvgIpc) is 2.93. The second-order valence-electron chi connectivity index (χ2n) is 9.72. The summed E-state index contributed by atoms with van der Waals surface area (Å²) in [6.07, 6.45) is 10.6. The summed E-state index contributed by atoms with van der Waals surface area (Å²) in [5.74, 6) is -0.710. The average molecular weight is 521 g/mol. The van der Waals surface area contributed by atoms with E-state index < -0.39 is 29.9 Å². The number of aryl methyl sites for hydroxylation is 1. The van der Waals surface area contributed by atoms with Crippen LogP contribution in [0.15, 0.2) is 42.7 Å². The minimum atomic E-state index is -3.98. The summed E-state index contributed by atoms with van der Waals surface area (Å²) in [5.41, 5.74) is -0.0581. The van der Waals surface area contributed by atoms with Crippen LogP contribution in [0.25, 0.3) is 0 Å². The Labute approximate surface area is 214 Å². The smallest absolute Gasteiger partial charge is 0.353 e. The standard InChI is InChI=1S/C27H32F4N4O2/c1-2-19-15-32-25(33-16-19)35-12-8-20(9-13-35)17-37-23-7-6-21(14-22(23)29)26(10-4-3-5-11-26)24(36)34-27(30,31)18-28/h3-4,6-7,14-16,20H,2,5,8-13,17-18H2,1H3,(H,34,36). The number of allylic oxidation sites excluding steroid dienone is 2. The van der Waals surface area contributed by atoms with Gasteiger partial charge in [-0.15, -0.1) is 0 Å². The Morgan fingerprint density at radius 1 is 1.22 bits per heavy atom. The third-order valence-corrected chi connectivity index (χ3v) is 7.23. The second-order valence-corrected chi connectivity index (χ2v) is 9.72. The first-order valence-electron chi connectivity index (χ1n) is 12.7. The molecule has 6 nitrogen and oxygen atoms in total. The number of nitrogens with one attached hydrogen (secondary N) is 1. The highest BCUT2D eigenvalue weighted by atomic mass is 19.3. The number of hydrogen-bond acceptors (Lipinski definition) is 5. The molecule has 37 heavy (non-hydrogen) atoms. The van der Waals surface area contributed by atoms with Gasteiger partial charge in [-0.3, -0.25) is 10.1 Å². The Kier molecular flexibility index (Phi) is 8.34. The number of piperidine rings is 1. The first-order chi connectivity index (χ1) is 17.8. The summed E-state index contributed by atoms with van der Waals surface area (Å²) in [7, 11) is 0. The van der Waals surface area contributed by atoms with Crippen LogP contribution in [0, 0.1) is 11.7 Å². The minimum absolute atomic E-state index is 0.0423. The lowest BCUT2D eigenvalue weighted by molar-refractivity contribution is -0.140. The minimum Gasteiger partial charge on any atom is -0.490 e. The molecule has 1 atom stereocenters. The van der Waals surface area contributed by atoms with Crippen LogP contribution in [0.4, 0.5) is 23.5 Å². The molecule has 1 aromatic heterocycles. The van der Waals surface area contributed by atoms with Crippen LogP contribution in [0.3, 0.4) is 0 Å². The van der Waals surface area contributed by atoms with Crippen LogP contribution in [0.5, 0.6) is 5.75 Å². The number of benzene rings is 1. The zero-order chi connectivity index (χ0) is 26.5. The fourth-order valence-electron chi connectivity index (χ4n) is 4.87. The van der Waals surface area contributed by atoms with Crippen LogP contribution in [0.2, 0.25) is 0 Å². The number of carbonyl (C=O) groups excluding carboxylic acids is 1. The maximum Gasteiger partial charge on any atom is 0.353 e. The van der Waals surface area contributed by atoms with Gasteiger partial charge in [0.25, 0.3) is 0 Å². The molecule has 1 saturated heterocycles. The lowest BCUT2D eigenvalue weighted by atomic mass is 9.71. The molecule has 2 aliphatic rings. The van der Waals surface area contributed by atoms with Gasteiger partial charge in [-0.05, 0) is 67.7 Å². The Balaban J connectivity index is 1.38. The van der Waals surface area contributed by atoms with Gasteiger partial charge in [-0.2, -0.15) is 8.78 Å². The highest BCUT2D eigenvalue weighted by Gasteiger charge is 2.44. The molecule has 1 amide bonds. The van der Waals surface area contributed by atoms with Gasteiger partial charge in [0.1, 0.15) is 0 Å². The molecule has 2 aromatic rings. The third kappa shape index (κ3) is 6.22. The lowest BCUT2D eigenvalue weighted by Gasteiger charge is -2.35. The van der Waals surface area contributed by atoms with Crippen molar-refractivity contribution in [3.8, 4) is 5.75 Å². The topological polar surface area (TPSA) is 67.4 Å². The van der Waals surface area contributed by atoms with Crippen molar-refractivity contribution in [3.05, 3.63) is 59.7 Å². The van der Waals surface area contributed by atoms with E-state index in [9.17, 15) is 18.0 Å². The van der Waals surface area contributed by atoms with Crippen molar-refractivity contribution >= 4 is 11.9 Å². The van der Waals surface area contributed by atoms with E-state index in [1.54, 1.807) is 6.08 Å². The molecular weight excluding hydrogens is 488 g/mol. The molecular formula is C27H32F4N4O2. The maximum absolute atomic E-state index is 15.0. The van der Waals surface area contributed by atoms with E-state index in [1.807, 2.05) is 18.5 Å². The fourth-order valence-corrected chi connectivity index (χ4v) is 4.87. The van der Waals surface area contributed by atoms with Crippen LogP contribution in [-0.4, -0.2) is 48.3 Å². The highest BCUT2D eigenvalue weighted by Crippen LogP contribution is 2.39. The van der Waals surface area contributed by atoms with Gasteiger partial charge in [0.2, 0.25) is 11.9 Å². The zero-order valence-electron chi connectivity index (χ0n) is 20.9. The van der Waals surface area contributed by atoms with Gasteiger partial charge in [-0.1, -0.05) is 25.1 Å². The van der Waals surface area contributed by atoms with Crippen molar-refractivity contribution < 1.29 is 27.1 Å². The molecule has 0 radical (unpaired) electrons. The van der Waals surface area contributed by atoms with Crippen LogP contribution in [-0.2, 0) is 16.6 Å². The van der Waals surface area contributed by atoms with Crippen molar-refractivity contribution in [2.24, 2.45) is 5.92 Å². The summed E-state index contributed by atoms with van der Waals surface area (Å²) in [6.45, 7) is 1.92. The highest BCUT2D eigenvalue weighted by molar-refractivity contribution is 5.89. The monoisotopic (exact) mass is 520 g/mol. The number of halogens is 4. The fraction of sp³-hybridized carbons (Fsp3) is 0.519. The molecule has 1 aliphatic heterocycles. The molecule has 0 spiro atoms. The summed E-state index contributed by atoms with van der Waals surface area (Å²) >= 11 is 0. The SMILES string of the molecule is CCc1cnc(N2CCC(COc3ccc(C4(C(=O)NC(F)(F)CF)CC=CCC4)cc3F)CC2)nc1. The number of amides is 1. The van der Waals surface area contributed by atoms with E-state index in [0.29, 0.717) is 19.0 Å². The maximum atomic E-state index is 15.0. The van der Waals surface area contributed by atoms with Crippen LogP contribution >= 0.6 is 0 Å². The second kappa shape index (κ2) is 11.5. The predicted molar refractivity (Wildman–Crippen MR) is 132 cm³/mol. The van der Waals surface area contributed by atoms with E-state index >= 15 is 4.39 Å². The van der Waals surface area contributed by atoms with Gasteiger partial charge in [0.15, 0.2) is 18.2 Å². The quantitative estimate of drug-likeness (QED) is 0.282. The first-order valence-corrected chi connectivity index (χ1v) is 12.7. The normalized spacial score (nSPS) is 20.6. The molecule has 10 heteroatoms. The molecule has 1 N–H and O–H groups in total. The molecule has 1 fully saturated rings. The van der Waals surface area contributed by atoms with E-state index in [-0.39, 0.29) is 30.1 Å². The zero-order valence-corrected chi connectivity index (χ0v) is 20.9. The first kappa shape index (κ1) is 26.9. The number of hydrogen-bond donors (Lipinski definition) is 1. The molecule has 1 aliphatic carbocycles. The van der Waals surface area contributed by atoms with Gasteiger partial charge >= 0.3 is 6.05 Å². The van der Waals surface area contributed by atoms with Crippen LogP contribution in [0.1, 0.15) is 50.2 Å². The Morgan fingerprint density at radius 3 is 2.54 bits per heavy atom. The van der Waals surface area contributed by atoms with Gasteiger partial charge in [0.05, 0.1) is 12.0 Å². The van der Waals surface area contributed by atoms with Crippen molar-refractivity contribution in [1.82, 2.24) is 15.3 Å². The predicted octanol–water partition coefficient (Wildman–Crippen LogP) is 5.13.